The molecule has 1 aromatic carbocycles. The van der Waals surface area contributed by atoms with Gasteiger partial charge in [-0.05, 0) is 19.0 Å². The Hall–Kier alpha value is -1.17. The fourth-order valence-electron chi connectivity index (χ4n) is 1.31. The Morgan fingerprint density at radius 1 is 1.25 bits per heavy atom. The summed E-state index contributed by atoms with van der Waals surface area (Å²) in [4.78, 5) is 0. The molecule has 1 rings (SSSR count). The lowest BCUT2D eigenvalue weighted by molar-refractivity contribution is -0.140. The van der Waals surface area contributed by atoms with E-state index >= 15 is 0 Å². The van der Waals surface area contributed by atoms with Gasteiger partial charge in [0.1, 0.15) is 12.0 Å². The molecule has 0 heterocycles. The van der Waals surface area contributed by atoms with Gasteiger partial charge in [0, 0.05) is 5.56 Å². The second-order valence-electron chi connectivity index (χ2n) is 3.25. The molecule has 1 nitrogen and oxygen atoms in total. The van der Waals surface area contributed by atoms with Crippen LogP contribution in [0.4, 0.5) is 22.0 Å². The van der Waals surface area contributed by atoms with Crippen molar-refractivity contribution in [2.75, 3.05) is 6.54 Å². The third-order valence-electron chi connectivity index (χ3n) is 2.09. The Morgan fingerprint density at radius 3 is 2.38 bits per heavy atom. The van der Waals surface area contributed by atoms with Crippen LogP contribution in [0.3, 0.4) is 0 Å². The first-order valence-corrected chi connectivity index (χ1v) is 4.57. The van der Waals surface area contributed by atoms with E-state index in [1.54, 1.807) is 0 Å². The molecule has 1 atom stereocenters. The first-order valence-electron chi connectivity index (χ1n) is 4.57. The van der Waals surface area contributed by atoms with Crippen LogP contribution >= 0.6 is 0 Å². The molecular weight excluding hydrogens is 229 g/mol. The summed E-state index contributed by atoms with van der Waals surface area (Å²) in [6.45, 7) is -0.0587. The molecule has 0 bridgehead atoms. The maximum absolute atomic E-state index is 13.3. The largest absolute Gasteiger partial charge is 0.419 e. The van der Waals surface area contributed by atoms with E-state index in [-0.39, 0.29) is 13.0 Å². The van der Waals surface area contributed by atoms with Crippen molar-refractivity contribution >= 4 is 0 Å². The smallest absolute Gasteiger partial charge is 0.330 e. The number of halogens is 5. The summed E-state index contributed by atoms with van der Waals surface area (Å²) >= 11 is 0. The molecule has 2 N–H and O–H groups in total. The van der Waals surface area contributed by atoms with Gasteiger partial charge in [-0.25, -0.2) is 8.78 Å². The number of rotatable bonds is 3. The van der Waals surface area contributed by atoms with Gasteiger partial charge >= 0.3 is 6.18 Å². The minimum absolute atomic E-state index is 0.0587. The van der Waals surface area contributed by atoms with E-state index in [2.05, 4.69) is 0 Å². The Morgan fingerprint density at radius 2 is 1.88 bits per heavy atom. The second-order valence-corrected chi connectivity index (χ2v) is 3.25. The lowest BCUT2D eigenvalue weighted by atomic mass is 10.0. The molecule has 0 fully saturated rings. The van der Waals surface area contributed by atoms with Gasteiger partial charge in [-0.1, -0.05) is 12.1 Å². The number of hydrogen-bond acceptors (Lipinski definition) is 1. The summed E-state index contributed by atoms with van der Waals surface area (Å²) in [6, 6.07) is 2.54. The van der Waals surface area contributed by atoms with E-state index in [0.29, 0.717) is 6.07 Å². The van der Waals surface area contributed by atoms with Crippen LogP contribution in [0.15, 0.2) is 18.2 Å². The van der Waals surface area contributed by atoms with E-state index in [9.17, 15) is 22.0 Å². The van der Waals surface area contributed by atoms with Crippen molar-refractivity contribution in [3.63, 3.8) is 0 Å². The molecule has 16 heavy (non-hydrogen) atoms. The van der Waals surface area contributed by atoms with Gasteiger partial charge in [-0.15, -0.1) is 0 Å². The second kappa shape index (κ2) is 4.78. The Balaban J connectivity index is 3.14. The van der Waals surface area contributed by atoms with Crippen molar-refractivity contribution < 1.29 is 22.0 Å². The summed E-state index contributed by atoms with van der Waals surface area (Å²) in [6.07, 6.45) is -6.84. The summed E-state index contributed by atoms with van der Waals surface area (Å²) in [5, 5.41) is 0. The highest BCUT2D eigenvalue weighted by molar-refractivity contribution is 5.29. The fourth-order valence-corrected chi connectivity index (χ4v) is 1.31. The molecule has 6 heteroatoms. The summed E-state index contributed by atoms with van der Waals surface area (Å²) in [7, 11) is 0. The monoisotopic (exact) mass is 239 g/mol. The predicted molar refractivity (Wildman–Crippen MR) is 48.9 cm³/mol. The van der Waals surface area contributed by atoms with Gasteiger partial charge in [-0.3, -0.25) is 0 Å². The molecule has 0 spiro atoms. The van der Waals surface area contributed by atoms with E-state index in [1.807, 2.05) is 0 Å². The Labute approximate surface area is 89.1 Å². The SMILES string of the molecule is NCCC(F)c1cccc(C(F)(F)F)c1F. The van der Waals surface area contributed by atoms with Crippen molar-refractivity contribution in [1.29, 1.82) is 0 Å². The summed E-state index contributed by atoms with van der Waals surface area (Å²) in [5.41, 5.74) is 3.01. The molecular formula is C10H10F5N. The zero-order valence-corrected chi connectivity index (χ0v) is 8.19. The van der Waals surface area contributed by atoms with Gasteiger partial charge in [0.15, 0.2) is 0 Å². The van der Waals surface area contributed by atoms with Crippen molar-refractivity contribution in [3.05, 3.63) is 35.1 Å². The molecule has 1 aromatic rings. The molecule has 0 aliphatic heterocycles. The van der Waals surface area contributed by atoms with Crippen LogP contribution in [-0.2, 0) is 6.18 Å². The van der Waals surface area contributed by atoms with E-state index in [4.69, 9.17) is 5.73 Å². The van der Waals surface area contributed by atoms with Crippen molar-refractivity contribution in [2.24, 2.45) is 5.73 Å². The lowest BCUT2D eigenvalue weighted by Crippen LogP contribution is -2.12. The topological polar surface area (TPSA) is 26.0 Å². The van der Waals surface area contributed by atoms with Crippen LogP contribution in [0, 0.1) is 5.82 Å². The minimum atomic E-state index is -4.82. The molecule has 0 amide bonds. The third-order valence-corrected chi connectivity index (χ3v) is 2.09. The molecule has 0 aliphatic carbocycles. The number of benzene rings is 1. The highest BCUT2D eigenvalue weighted by atomic mass is 19.4. The lowest BCUT2D eigenvalue weighted by Gasteiger charge is -2.13. The average Bonchev–Trinajstić information content (AvgIpc) is 2.16. The molecule has 0 aromatic heterocycles. The van der Waals surface area contributed by atoms with Crippen LogP contribution < -0.4 is 5.73 Å². The maximum atomic E-state index is 13.3. The van der Waals surface area contributed by atoms with Crippen LogP contribution in [-0.4, -0.2) is 6.54 Å². The highest BCUT2D eigenvalue weighted by Gasteiger charge is 2.35. The zero-order valence-electron chi connectivity index (χ0n) is 8.19. The normalized spacial score (nSPS) is 13.9. The Bertz CT molecular complexity index is 361. The minimum Gasteiger partial charge on any atom is -0.330 e. The van der Waals surface area contributed by atoms with Crippen molar-refractivity contribution in [1.82, 2.24) is 0 Å². The first kappa shape index (κ1) is 12.9. The zero-order chi connectivity index (χ0) is 12.3. The van der Waals surface area contributed by atoms with Gasteiger partial charge < -0.3 is 5.73 Å². The maximum Gasteiger partial charge on any atom is 0.419 e. The number of hydrogen-bond donors (Lipinski definition) is 1. The molecule has 1 unspecified atom stereocenters. The summed E-state index contributed by atoms with van der Waals surface area (Å²) in [5.74, 6) is -1.56. The quantitative estimate of drug-likeness (QED) is 0.805. The van der Waals surface area contributed by atoms with Crippen LogP contribution in [0.1, 0.15) is 23.7 Å². The molecule has 0 radical (unpaired) electrons. The van der Waals surface area contributed by atoms with Gasteiger partial charge in [0.2, 0.25) is 0 Å². The third kappa shape index (κ3) is 2.69. The molecule has 0 saturated carbocycles. The first-order chi connectivity index (χ1) is 7.38. The van der Waals surface area contributed by atoms with Gasteiger partial charge in [0.05, 0.1) is 5.56 Å². The van der Waals surface area contributed by atoms with Crippen molar-refractivity contribution in [3.8, 4) is 0 Å². The van der Waals surface area contributed by atoms with E-state index in [0.717, 1.165) is 12.1 Å². The molecule has 0 saturated heterocycles. The fraction of sp³-hybridized carbons (Fsp3) is 0.400. The van der Waals surface area contributed by atoms with Gasteiger partial charge in [0.25, 0.3) is 0 Å². The summed E-state index contributed by atoms with van der Waals surface area (Å²) < 4.78 is 63.5. The standard InChI is InChI=1S/C10H10F5N/c11-8(4-5-16)6-2-1-3-7(9(6)12)10(13,14)15/h1-3,8H,4-5,16H2. The van der Waals surface area contributed by atoms with Gasteiger partial charge in [-0.2, -0.15) is 13.2 Å². The molecule has 90 valence electrons. The molecule has 0 aliphatic rings. The number of nitrogens with two attached hydrogens (primary N) is 1. The predicted octanol–water partition coefficient (Wildman–Crippen LogP) is 3.20. The van der Waals surface area contributed by atoms with E-state index < -0.39 is 29.3 Å². The van der Waals surface area contributed by atoms with Crippen LogP contribution in [0.5, 0.6) is 0 Å². The highest BCUT2D eigenvalue weighted by Crippen LogP contribution is 2.35. The average molecular weight is 239 g/mol. The van der Waals surface area contributed by atoms with Crippen LogP contribution in [0.2, 0.25) is 0 Å². The number of alkyl halides is 4. The van der Waals surface area contributed by atoms with E-state index in [1.165, 1.54) is 0 Å². The Kier molecular flexibility index (Phi) is 3.85. The van der Waals surface area contributed by atoms with Crippen molar-refractivity contribution in [2.45, 2.75) is 18.8 Å². The van der Waals surface area contributed by atoms with Crippen LogP contribution in [0.25, 0.3) is 0 Å².